The highest BCUT2D eigenvalue weighted by molar-refractivity contribution is 5.26. The van der Waals surface area contributed by atoms with E-state index in [0.29, 0.717) is 6.04 Å². The van der Waals surface area contributed by atoms with Crippen molar-refractivity contribution in [1.29, 1.82) is 0 Å². The molecule has 15 heavy (non-hydrogen) atoms. The minimum Gasteiger partial charge on any atom is -0.495 e. The van der Waals surface area contributed by atoms with Gasteiger partial charge in [-0.05, 0) is 31.5 Å². The Morgan fingerprint density at radius 1 is 1.53 bits per heavy atom. The normalized spacial score (nSPS) is 21.9. The number of ether oxygens (including phenoxy) is 1. The molecule has 1 aliphatic rings. The van der Waals surface area contributed by atoms with E-state index in [1.54, 1.807) is 13.3 Å². The van der Waals surface area contributed by atoms with Crippen molar-refractivity contribution >= 4 is 0 Å². The van der Waals surface area contributed by atoms with Crippen molar-refractivity contribution in [1.82, 2.24) is 15.4 Å². The van der Waals surface area contributed by atoms with Crippen LogP contribution < -0.4 is 10.2 Å². The lowest BCUT2D eigenvalue weighted by Gasteiger charge is -2.23. The van der Waals surface area contributed by atoms with Crippen molar-refractivity contribution in [3.8, 4) is 5.75 Å². The summed E-state index contributed by atoms with van der Waals surface area (Å²) in [7, 11) is 3.64. The Balaban J connectivity index is 2.20. The van der Waals surface area contributed by atoms with Gasteiger partial charge >= 0.3 is 0 Å². The van der Waals surface area contributed by atoms with Crippen molar-refractivity contribution in [2.24, 2.45) is 0 Å². The fourth-order valence-electron chi connectivity index (χ4n) is 2.11. The lowest BCUT2D eigenvalue weighted by Crippen LogP contribution is -2.34. The van der Waals surface area contributed by atoms with Gasteiger partial charge < -0.3 is 4.74 Å². The molecule has 1 N–H and O–H groups in total. The molecule has 4 heteroatoms. The van der Waals surface area contributed by atoms with Crippen LogP contribution in [0.4, 0.5) is 0 Å². The Kier molecular flexibility index (Phi) is 3.18. The van der Waals surface area contributed by atoms with Crippen molar-refractivity contribution in [2.75, 3.05) is 20.7 Å². The van der Waals surface area contributed by atoms with Gasteiger partial charge in [-0.3, -0.25) is 10.4 Å². The summed E-state index contributed by atoms with van der Waals surface area (Å²) in [6.45, 7) is 1.10. The second-order valence-corrected chi connectivity index (χ2v) is 3.73. The van der Waals surface area contributed by atoms with Gasteiger partial charge in [0.05, 0.1) is 19.3 Å². The Bertz CT molecular complexity index is 329. The average Bonchev–Trinajstić information content (AvgIpc) is 2.77. The number of hydrazine groups is 1. The molecule has 1 aromatic rings. The highest BCUT2D eigenvalue weighted by Crippen LogP contribution is 2.30. The summed E-state index contributed by atoms with van der Waals surface area (Å²) in [5.41, 5.74) is 4.44. The summed E-state index contributed by atoms with van der Waals surface area (Å²) in [5.74, 6) is 0.829. The number of rotatable bonds is 3. The van der Waals surface area contributed by atoms with Crippen molar-refractivity contribution < 1.29 is 4.74 Å². The Morgan fingerprint density at radius 2 is 2.40 bits per heavy atom. The second-order valence-electron chi connectivity index (χ2n) is 3.73. The van der Waals surface area contributed by atoms with Gasteiger partial charge in [-0.25, -0.2) is 5.01 Å². The summed E-state index contributed by atoms with van der Waals surface area (Å²) < 4.78 is 5.18. The predicted octanol–water partition coefficient (Wildman–Crippen LogP) is 1.36. The minimum atomic E-state index is 0.428. The highest BCUT2D eigenvalue weighted by Gasteiger charge is 2.25. The fraction of sp³-hybridized carbons (Fsp3) is 0.545. The van der Waals surface area contributed by atoms with E-state index in [2.05, 4.69) is 21.5 Å². The van der Waals surface area contributed by atoms with Gasteiger partial charge in [0.2, 0.25) is 0 Å². The van der Waals surface area contributed by atoms with E-state index in [1.165, 1.54) is 18.4 Å². The molecule has 82 valence electrons. The van der Waals surface area contributed by atoms with Gasteiger partial charge in [-0.2, -0.15) is 0 Å². The molecule has 1 saturated heterocycles. The maximum absolute atomic E-state index is 5.18. The third-order valence-corrected chi connectivity index (χ3v) is 2.89. The third kappa shape index (κ3) is 2.11. The Morgan fingerprint density at radius 3 is 3.13 bits per heavy atom. The molecule has 2 rings (SSSR count). The van der Waals surface area contributed by atoms with Crippen molar-refractivity contribution in [3.05, 3.63) is 24.0 Å². The number of pyridine rings is 1. The molecule has 1 fully saturated rings. The molecule has 0 bridgehead atoms. The van der Waals surface area contributed by atoms with Gasteiger partial charge in [0, 0.05) is 12.7 Å². The first-order valence-electron chi connectivity index (χ1n) is 5.28. The topological polar surface area (TPSA) is 37.4 Å². The molecular formula is C11H17N3O. The Hall–Kier alpha value is -1.13. The van der Waals surface area contributed by atoms with Crippen LogP contribution in [0, 0.1) is 0 Å². The van der Waals surface area contributed by atoms with Crippen LogP contribution in [0.25, 0.3) is 0 Å². The number of nitrogens with one attached hydrogen (secondary N) is 1. The standard InChI is InChI=1S/C11H17N3O/c1-12-14-5-3-4-11(14)9-6-10(15-2)8-13-7-9/h6-8,11-12H,3-5H2,1-2H3/t11-/m0/s1. The summed E-state index contributed by atoms with van der Waals surface area (Å²) in [6, 6.07) is 2.49. The van der Waals surface area contributed by atoms with Crippen LogP contribution in [-0.4, -0.2) is 30.7 Å². The van der Waals surface area contributed by atoms with Crippen LogP contribution in [-0.2, 0) is 0 Å². The van der Waals surface area contributed by atoms with E-state index >= 15 is 0 Å². The van der Waals surface area contributed by atoms with Gasteiger partial charge in [0.1, 0.15) is 5.75 Å². The van der Waals surface area contributed by atoms with E-state index in [0.717, 1.165) is 12.3 Å². The zero-order valence-electron chi connectivity index (χ0n) is 9.23. The van der Waals surface area contributed by atoms with Crippen LogP contribution in [0.5, 0.6) is 5.75 Å². The average molecular weight is 207 g/mol. The quantitative estimate of drug-likeness (QED) is 0.812. The maximum Gasteiger partial charge on any atom is 0.137 e. The lowest BCUT2D eigenvalue weighted by molar-refractivity contribution is 0.190. The van der Waals surface area contributed by atoms with Crippen molar-refractivity contribution in [3.63, 3.8) is 0 Å². The number of nitrogens with zero attached hydrogens (tertiary/aromatic N) is 2. The first-order chi connectivity index (χ1) is 7.35. The smallest absolute Gasteiger partial charge is 0.137 e. The number of methoxy groups -OCH3 is 1. The largest absolute Gasteiger partial charge is 0.495 e. The number of hydrogen-bond acceptors (Lipinski definition) is 4. The fourth-order valence-corrected chi connectivity index (χ4v) is 2.11. The third-order valence-electron chi connectivity index (χ3n) is 2.89. The highest BCUT2D eigenvalue weighted by atomic mass is 16.5. The zero-order valence-corrected chi connectivity index (χ0v) is 9.23. The SMILES string of the molecule is CNN1CCC[C@H]1c1cncc(OC)c1. The molecule has 0 unspecified atom stereocenters. The van der Waals surface area contributed by atoms with E-state index in [9.17, 15) is 0 Å². The van der Waals surface area contributed by atoms with E-state index in [-0.39, 0.29) is 0 Å². The molecule has 1 aromatic heterocycles. The second kappa shape index (κ2) is 4.59. The molecule has 0 aromatic carbocycles. The molecule has 4 nitrogen and oxygen atoms in total. The number of hydrogen-bond donors (Lipinski definition) is 1. The van der Waals surface area contributed by atoms with Crippen LogP contribution in [0.15, 0.2) is 18.5 Å². The first kappa shape index (κ1) is 10.4. The molecule has 0 spiro atoms. The van der Waals surface area contributed by atoms with E-state index < -0.39 is 0 Å². The van der Waals surface area contributed by atoms with Crippen LogP contribution in [0.1, 0.15) is 24.4 Å². The monoisotopic (exact) mass is 207 g/mol. The summed E-state index contributed by atoms with van der Waals surface area (Å²) in [4.78, 5) is 4.19. The number of aromatic nitrogens is 1. The molecule has 1 atom stereocenters. The maximum atomic E-state index is 5.18. The van der Waals surface area contributed by atoms with Gasteiger partial charge in [-0.15, -0.1) is 0 Å². The van der Waals surface area contributed by atoms with Gasteiger partial charge in [-0.1, -0.05) is 0 Å². The molecule has 0 radical (unpaired) electrons. The van der Waals surface area contributed by atoms with Crippen LogP contribution in [0.2, 0.25) is 0 Å². The van der Waals surface area contributed by atoms with Crippen molar-refractivity contribution in [2.45, 2.75) is 18.9 Å². The molecule has 1 aliphatic heterocycles. The van der Waals surface area contributed by atoms with Crippen LogP contribution >= 0.6 is 0 Å². The Labute approximate surface area is 90.2 Å². The summed E-state index contributed by atoms with van der Waals surface area (Å²) >= 11 is 0. The molecular weight excluding hydrogens is 190 g/mol. The molecule has 0 amide bonds. The van der Waals surface area contributed by atoms with Gasteiger partial charge in [0.25, 0.3) is 0 Å². The molecule has 0 aliphatic carbocycles. The van der Waals surface area contributed by atoms with E-state index in [4.69, 9.17) is 4.74 Å². The van der Waals surface area contributed by atoms with E-state index in [1.807, 2.05) is 13.2 Å². The molecule has 0 saturated carbocycles. The van der Waals surface area contributed by atoms with Crippen LogP contribution in [0.3, 0.4) is 0 Å². The summed E-state index contributed by atoms with van der Waals surface area (Å²) in [6.07, 6.45) is 6.06. The summed E-state index contributed by atoms with van der Waals surface area (Å²) in [5, 5.41) is 2.25. The zero-order chi connectivity index (χ0) is 10.7. The lowest BCUT2D eigenvalue weighted by atomic mass is 10.1. The first-order valence-corrected chi connectivity index (χ1v) is 5.28. The van der Waals surface area contributed by atoms with Gasteiger partial charge in [0.15, 0.2) is 0 Å². The molecule has 2 heterocycles. The minimum absolute atomic E-state index is 0.428. The predicted molar refractivity (Wildman–Crippen MR) is 58.5 cm³/mol.